The first-order valence-corrected chi connectivity index (χ1v) is 11.5. The smallest absolute Gasteiger partial charge is 0.256 e. The molecule has 2 atom stereocenters. The number of aryl methyl sites for hydroxylation is 1. The van der Waals surface area contributed by atoms with Crippen molar-refractivity contribution in [2.45, 2.75) is 52.6 Å². The molecule has 0 spiro atoms. The summed E-state index contributed by atoms with van der Waals surface area (Å²) in [6.45, 7) is 7.06. The van der Waals surface area contributed by atoms with Crippen LogP contribution in [0.5, 0.6) is 0 Å². The zero-order valence-electron chi connectivity index (χ0n) is 17.6. The maximum absolute atomic E-state index is 13.1. The zero-order chi connectivity index (χ0) is 20.3. The van der Waals surface area contributed by atoms with Gasteiger partial charge in [-0.25, -0.2) is 0 Å². The molecular weight excluding hydrogens is 378 g/mol. The van der Waals surface area contributed by atoms with Crippen molar-refractivity contribution in [3.05, 3.63) is 52.0 Å². The highest BCUT2D eigenvalue weighted by atomic mass is 32.1. The average molecular weight is 408 g/mol. The number of hydrogen-bond donors (Lipinski definition) is 2. The van der Waals surface area contributed by atoms with Crippen LogP contribution in [0.15, 0.2) is 30.5 Å². The number of nitrogens with one attached hydrogen (secondary N) is 2. The third-order valence-corrected chi connectivity index (χ3v) is 8.48. The van der Waals surface area contributed by atoms with Crippen molar-refractivity contribution in [2.24, 2.45) is 18.4 Å². The summed E-state index contributed by atoms with van der Waals surface area (Å²) in [5, 5.41) is 9.10. The Kier molecular flexibility index (Phi) is 4.28. The number of benzene rings is 1. The third-order valence-electron chi connectivity index (χ3n) is 7.30. The lowest BCUT2D eigenvalue weighted by Crippen LogP contribution is -2.38. The number of rotatable bonds is 3. The van der Waals surface area contributed by atoms with Crippen LogP contribution in [0, 0.1) is 11.3 Å². The highest BCUT2D eigenvalue weighted by molar-refractivity contribution is 7.16. The lowest BCUT2D eigenvalue weighted by Gasteiger charge is -2.36. The second kappa shape index (κ2) is 6.63. The maximum Gasteiger partial charge on any atom is 0.256 e. The van der Waals surface area contributed by atoms with Gasteiger partial charge in [-0.1, -0.05) is 45.4 Å². The van der Waals surface area contributed by atoms with Crippen LogP contribution in [0.3, 0.4) is 0 Å². The van der Waals surface area contributed by atoms with E-state index in [0.717, 1.165) is 29.0 Å². The predicted octanol–water partition coefficient (Wildman–Crippen LogP) is 5.64. The Morgan fingerprint density at radius 2 is 2.03 bits per heavy atom. The van der Waals surface area contributed by atoms with E-state index in [0.29, 0.717) is 11.3 Å². The van der Waals surface area contributed by atoms with Crippen LogP contribution in [0.2, 0.25) is 0 Å². The van der Waals surface area contributed by atoms with Gasteiger partial charge in [-0.2, -0.15) is 0 Å². The second-order valence-corrected chi connectivity index (χ2v) is 10.4. The Morgan fingerprint density at radius 1 is 1.24 bits per heavy atom. The van der Waals surface area contributed by atoms with Gasteiger partial charge in [-0.05, 0) is 42.2 Å². The summed E-state index contributed by atoms with van der Waals surface area (Å²) in [6, 6.07) is 8.36. The van der Waals surface area contributed by atoms with E-state index in [1.54, 1.807) is 11.3 Å². The normalized spacial score (nSPS) is 21.4. The fourth-order valence-corrected chi connectivity index (χ4v) is 6.37. The number of thiophene rings is 1. The first-order chi connectivity index (χ1) is 13.9. The summed E-state index contributed by atoms with van der Waals surface area (Å²) in [5.41, 5.74) is 4.84. The van der Waals surface area contributed by atoms with E-state index in [1.165, 1.54) is 34.2 Å². The number of anilines is 1. The number of carbonyl (C=O) groups is 1. The van der Waals surface area contributed by atoms with Crippen molar-refractivity contribution >= 4 is 33.1 Å². The van der Waals surface area contributed by atoms with Crippen LogP contribution in [-0.2, 0) is 19.9 Å². The zero-order valence-corrected chi connectivity index (χ0v) is 18.5. The molecule has 0 saturated heterocycles. The molecule has 1 amide bonds. The van der Waals surface area contributed by atoms with Gasteiger partial charge < -0.3 is 15.2 Å². The van der Waals surface area contributed by atoms with E-state index in [2.05, 4.69) is 73.5 Å². The minimum atomic E-state index is -0.191. The topological polar surface area (TPSA) is 46.1 Å². The van der Waals surface area contributed by atoms with Crippen molar-refractivity contribution in [3.8, 4) is 0 Å². The van der Waals surface area contributed by atoms with E-state index < -0.39 is 0 Å². The van der Waals surface area contributed by atoms with Gasteiger partial charge in [0.25, 0.3) is 5.91 Å². The summed E-state index contributed by atoms with van der Waals surface area (Å²) >= 11 is 1.80. The summed E-state index contributed by atoms with van der Waals surface area (Å²) in [4.78, 5) is 14.5. The highest BCUT2D eigenvalue weighted by Gasteiger charge is 2.37. The van der Waals surface area contributed by atoms with Gasteiger partial charge >= 0.3 is 0 Å². The van der Waals surface area contributed by atoms with Crippen LogP contribution in [0.4, 0.5) is 5.00 Å². The van der Waals surface area contributed by atoms with Crippen molar-refractivity contribution < 1.29 is 4.79 Å². The molecule has 2 aromatic heterocycles. The Balaban J connectivity index is 1.50. The molecule has 1 aliphatic heterocycles. The minimum Gasteiger partial charge on any atom is -0.353 e. The Labute approximate surface area is 176 Å². The highest BCUT2D eigenvalue weighted by Crippen LogP contribution is 2.47. The van der Waals surface area contributed by atoms with E-state index in [-0.39, 0.29) is 12.1 Å². The van der Waals surface area contributed by atoms with Gasteiger partial charge in [-0.3, -0.25) is 4.79 Å². The van der Waals surface area contributed by atoms with Crippen molar-refractivity contribution in [2.75, 3.05) is 5.32 Å². The summed E-state index contributed by atoms with van der Waals surface area (Å²) in [7, 11) is 2.06. The molecule has 3 heterocycles. The van der Waals surface area contributed by atoms with Crippen LogP contribution < -0.4 is 10.6 Å². The molecule has 2 aliphatic rings. The van der Waals surface area contributed by atoms with Crippen molar-refractivity contribution in [3.63, 3.8) is 0 Å². The van der Waals surface area contributed by atoms with Gasteiger partial charge in [0.05, 0.1) is 5.56 Å². The van der Waals surface area contributed by atoms with E-state index in [9.17, 15) is 4.79 Å². The maximum atomic E-state index is 13.1. The molecule has 3 aromatic rings. The van der Waals surface area contributed by atoms with Crippen LogP contribution in [-0.4, -0.2) is 10.5 Å². The lowest BCUT2D eigenvalue weighted by atomic mass is 9.69. The second-order valence-electron chi connectivity index (χ2n) is 9.25. The monoisotopic (exact) mass is 407 g/mol. The molecule has 0 radical (unpaired) electrons. The number of para-hydroxylation sites is 1. The molecule has 4 nitrogen and oxygen atoms in total. The van der Waals surface area contributed by atoms with Gasteiger partial charge in [0.15, 0.2) is 0 Å². The first kappa shape index (κ1) is 18.7. The minimum absolute atomic E-state index is 0.0717. The molecule has 1 aliphatic carbocycles. The number of nitrogens with zero attached hydrogens (tertiary/aromatic N) is 1. The molecule has 0 fully saturated rings. The molecule has 0 unspecified atom stereocenters. The van der Waals surface area contributed by atoms with Crippen molar-refractivity contribution in [1.82, 2.24) is 9.88 Å². The van der Waals surface area contributed by atoms with Gasteiger partial charge in [0, 0.05) is 34.6 Å². The number of hydrogen-bond acceptors (Lipinski definition) is 3. The average Bonchev–Trinajstić information content (AvgIpc) is 3.25. The fraction of sp³-hybridized carbons (Fsp3) is 0.458. The molecule has 5 rings (SSSR count). The summed E-state index contributed by atoms with van der Waals surface area (Å²) in [5.74, 6) is 0.763. The molecule has 0 bridgehead atoms. The van der Waals surface area contributed by atoms with Crippen LogP contribution >= 0.6 is 11.3 Å². The van der Waals surface area contributed by atoms with Crippen LogP contribution in [0.1, 0.15) is 66.1 Å². The standard InChI is InChI=1S/C24H29N3OS/c1-5-24(2,3)14-10-11-16-19(12-14)29-23-20(16)22(28)25-21(26-23)17-13-27(4)18-9-7-6-8-15(17)18/h6-9,13-14,21,26H,5,10-12H2,1-4H3,(H,25,28)/t14-,21-/m1/s1. The SMILES string of the molecule is CCC(C)(C)[C@@H]1CCc2c(sc3c2C(=O)N[C@@H](c2cn(C)c4ccccc24)N3)C1. The fourth-order valence-electron chi connectivity index (χ4n) is 5.01. The van der Waals surface area contributed by atoms with E-state index in [4.69, 9.17) is 0 Å². The lowest BCUT2D eigenvalue weighted by molar-refractivity contribution is 0.0935. The Hall–Kier alpha value is -2.27. The first-order valence-electron chi connectivity index (χ1n) is 10.6. The molecule has 1 aromatic carbocycles. The molecule has 0 saturated carbocycles. The summed E-state index contributed by atoms with van der Waals surface area (Å²) in [6.07, 6.45) is 6.42. The predicted molar refractivity (Wildman–Crippen MR) is 121 cm³/mol. The molecule has 2 N–H and O–H groups in total. The third kappa shape index (κ3) is 2.90. The van der Waals surface area contributed by atoms with Gasteiger partial charge in [0.2, 0.25) is 0 Å². The van der Waals surface area contributed by atoms with Gasteiger partial charge in [-0.15, -0.1) is 11.3 Å². The van der Waals surface area contributed by atoms with Gasteiger partial charge in [0.1, 0.15) is 11.2 Å². The molecular formula is C24H29N3OS. The van der Waals surface area contributed by atoms with E-state index >= 15 is 0 Å². The number of aromatic nitrogens is 1. The number of carbonyl (C=O) groups excluding carboxylic acids is 1. The van der Waals surface area contributed by atoms with E-state index in [1.807, 2.05) is 0 Å². The Morgan fingerprint density at radius 3 is 2.83 bits per heavy atom. The number of amides is 1. The largest absolute Gasteiger partial charge is 0.353 e. The number of fused-ring (bicyclic) bond motifs is 4. The molecule has 5 heteroatoms. The van der Waals surface area contributed by atoms with Crippen LogP contribution in [0.25, 0.3) is 10.9 Å². The molecule has 29 heavy (non-hydrogen) atoms. The Bertz CT molecular complexity index is 1110. The van der Waals surface area contributed by atoms with Crippen molar-refractivity contribution in [1.29, 1.82) is 0 Å². The molecule has 152 valence electrons. The quantitative estimate of drug-likeness (QED) is 0.591. The summed E-state index contributed by atoms with van der Waals surface area (Å²) < 4.78 is 2.13.